The zero-order valence-corrected chi connectivity index (χ0v) is 27.2. The SMILES string of the molecule is CC1(C)c2ccccc2-c2c1ccc1c2-c2cccc3ccc4c(c23)-c2c-1cc(N(c1ccccc1)c1ccccc1)cc2C4(C)C. The van der Waals surface area contributed by atoms with E-state index in [0.29, 0.717) is 0 Å². The van der Waals surface area contributed by atoms with E-state index in [1.54, 1.807) is 0 Å². The van der Waals surface area contributed by atoms with E-state index in [4.69, 9.17) is 0 Å². The third-order valence-electron chi connectivity index (χ3n) is 11.4. The van der Waals surface area contributed by atoms with Crippen LogP contribution in [0.3, 0.4) is 0 Å². The van der Waals surface area contributed by atoms with Gasteiger partial charge in [0.25, 0.3) is 0 Å². The third kappa shape index (κ3) is 3.39. The average Bonchev–Trinajstić information content (AvgIpc) is 3.42. The van der Waals surface area contributed by atoms with Crippen molar-refractivity contribution in [2.45, 2.75) is 38.5 Å². The molecule has 0 bridgehead atoms. The molecule has 0 saturated heterocycles. The monoisotopic (exact) mass is 601 g/mol. The zero-order chi connectivity index (χ0) is 31.7. The molecule has 0 radical (unpaired) electrons. The van der Waals surface area contributed by atoms with Crippen LogP contribution in [-0.4, -0.2) is 0 Å². The predicted molar refractivity (Wildman–Crippen MR) is 198 cm³/mol. The van der Waals surface area contributed by atoms with E-state index in [9.17, 15) is 0 Å². The lowest BCUT2D eigenvalue weighted by atomic mass is 9.78. The van der Waals surface area contributed by atoms with Crippen molar-refractivity contribution in [3.63, 3.8) is 0 Å². The topological polar surface area (TPSA) is 3.24 Å². The summed E-state index contributed by atoms with van der Waals surface area (Å²) in [5.41, 5.74) is 19.9. The van der Waals surface area contributed by atoms with E-state index in [-0.39, 0.29) is 10.8 Å². The van der Waals surface area contributed by atoms with E-state index in [1.807, 2.05) is 0 Å². The van der Waals surface area contributed by atoms with E-state index < -0.39 is 0 Å². The lowest BCUT2D eigenvalue weighted by molar-refractivity contribution is 0.660. The zero-order valence-electron chi connectivity index (χ0n) is 27.2. The normalized spacial score (nSPS) is 15.1. The van der Waals surface area contributed by atoms with Gasteiger partial charge in [0.05, 0.1) is 0 Å². The highest BCUT2D eigenvalue weighted by atomic mass is 15.1. The van der Waals surface area contributed by atoms with Crippen molar-refractivity contribution in [1.29, 1.82) is 0 Å². The molecule has 7 aromatic carbocycles. The molecule has 47 heavy (non-hydrogen) atoms. The lowest BCUT2D eigenvalue weighted by Gasteiger charge is -2.30. The third-order valence-corrected chi connectivity index (χ3v) is 11.4. The van der Waals surface area contributed by atoms with Crippen LogP contribution in [0, 0.1) is 0 Å². The molecule has 3 aliphatic rings. The summed E-state index contributed by atoms with van der Waals surface area (Å²) in [6.07, 6.45) is 0. The standard InChI is InChI=1S/C46H35N/c1-45(2)36-21-12-11-19-33(36)42-37(45)25-23-32-35-26-31(47(29-15-7-5-8-16-29)30-17-9-6-10-18-30)27-39-43(35)44-38(46(39,3)4)24-22-28-14-13-20-34(40(28)44)41(32)42/h5-27H,1-4H3. The molecule has 1 nitrogen and oxygen atoms in total. The molecule has 0 unspecified atom stereocenters. The molecule has 3 aliphatic carbocycles. The van der Waals surface area contributed by atoms with Crippen LogP contribution in [0.1, 0.15) is 49.9 Å². The number of para-hydroxylation sites is 2. The Hall–Kier alpha value is -5.40. The van der Waals surface area contributed by atoms with Gasteiger partial charge in [-0.05, 0) is 114 Å². The van der Waals surface area contributed by atoms with Gasteiger partial charge in [-0.25, -0.2) is 0 Å². The molecule has 224 valence electrons. The lowest BCUT2D eigenvalue weighted by Crippen LogP contribution is -2.17. The number of hydrogen-bond acceptors (Lipinski definition) is 1. The summed E-state index contributed by atoms with van der Waals surface area (Å²) in [6, 6.07) is 52.2. The number of anilines is 3. The fourth-order valence-corrected chi connectivity index (χ4v) is 9.14. The maximum absolute atomic E-state index is 2.48. The highest BCUT2D eigenvalue weighted by molar-refractivity contribution is 6.19. The Kier molecular flexibility index (Phi) is 5.19. The van der Waals surface area contributed by atoms with Gasteiger partial charge in [-0.15, -0.1) is 0 Å². The molecule has 0 N–H and O–H groups in total. The number of rotatable bonds is 3. The van der Waals surface area contributed by atoms with Gasteiger partial charge in [-0.1, -0.05) is 131 Å². The smallest absolute Gasteiger partial charge is 0.0471 e. The molecule has 0 fully saturated rings. The van der Waals surface area contributed by atoms with Crippen LogP contribution < -0.4 is 4.90 Å². The maximum atomic E-state index is 2.48. The second-order valence-corrected chi connectivity index (χ2v) is 14.5. The summed E-state index contributed by atoms with van der Waals surface area (Å²) in [6.45, 7) is 9.61. The highest BCUT2D eigenvalue weighted by Crippen LogP contribution is 2.63. The summed E-state index contributed by atoms with van der Waals surface area (Å²) in [5, 5.41) is 2.70. The van der Waals surface area contributed by atoms with Crippen molar-refractivity contribution >= 4 is 27.8 Å². The van der Waals surface area contributed by atoms with Crippen LogP contribution >= 0.6 is 0 Å². The molecule has 0 atom stereocenters. The minimum atomic E-state index is -0.154. The highest BCUT2D eigenvalue weighted by Gasteiger charge is 2.43. The molecular weight excluding hydrogens is 567 g/mol. The largest absolute Gasteiger partial charge is 0.310 e. The van der Waals surface area contributed by atoms with Gasteiger partial charge in [0.2, 0.25) is 0 Å². The Bertz CT molecular complexity index is 2410. The number of benzene rings is 7. The van der Waals surface area contributed by atoms with Crippen LogP contribution in [0.25, 0.3) is 55.3 Å². The quantitative estimate of drug-likeness (QED) is 0.195. The fourth-order valence-electron chi connectivity index (χ4n) is 9.14. The molecule has 0 spiro atoms. The Labute approximate surface area is 276 Å². The van der Waals surface area contributed by atoms with Crippen molar-refractivity contribution in [1.82, 2.24) is 0 Å². The first-order valence-electron chi connectivity index (χ1n) is 16.8. The van der Waals surface area contributed by atoms with Gasteiger partial charge in [-0.3, -0.25) is 0 Å². The van der Waals surface area contributed by atoms with Gasteiger partial charge in [0, 0.05) is 27.9 Å². The van der Waals surface area contributed by atoms with E-state index in [1.165, 1.54) is 83.2 Å². The van der Waals surface area contributed by atoms with Crippen LogP contribution in [0.15, 0.2) is 140 Å². The molecule has 10 rings (SSSR count). The first kappa shape index (κ1) is 26.8. The molecule has 0 aromatic heterocycles. The van der Waals surface area contributed by atoms with Gasteiger partial charge in [0.15, 0.2) is 0 Å². The van der Waals surface area contributed by atoms with Crippen LogP contribution in [0.5, 0.6) is 0 Å². The van der Waals surface area contributed by atoms with Gasteiger partial charge in [0.1, 0.15) is 0 Å². The maximum Gasteiger partial charge on any atom is 0.0471 e. The van der Waals surface area contributed by atoms with Gasteiger partial charge >= 0.3 is 0 Å². The van der Waals surface area contributed by atoms with Crippen molar-refractivity contribution in [2.75, 3.05) is 4.90 Å². The number of fused-ring (bicyclic) bond motifs is 7. The first-order valence-corrected chi connectivity index (χ1v) is 16.8. The average molecular weight is 602 g/mol. The molecule has 0 amide bonds. The molecular formula is C46H35N. The summed E-state index contributed by atoms with van der Waals surface area (Å²) in [4.78, 5) is 2.43. The van der Waals surface area contributed by atoms with E-state index in [2.05, 4.69) is 172 Å². The predicted octanol–water partition coefficient (Wildman–Crippen LogP) is 12.6. The minimum absolute atomic E-state index is 0.0713. The van der Waals surface area contributed by atoms with E-state index >= 15 is 0 Å². The molecule has 0 heterocycles. The van der Waals surface area contributed by atoms with Crippen LogP contribution in [-0.2, 0) is 10.8 Å². The number of nitrogens with zero attached hydrogens (tertiary/aromatic N) is 1. The van der Waals surface area contributed by atoms with Gasteiger partial charge < -0.3 is 4.90 Å². The Morgan fingerprint density at radius 1 is 0.362 bits per heavy atom. The Morgan fingerprint density at radius 3 is 1.72 bits per heavy atom. The Morgan fingerprint density at radius 2 is 0.979 bits per heavy atom. The summed E-state index contributed by atoms with van der Waals surface area (Å²) in [7, 11) is 0. The molecule has 1 heteroatoms. The van der Waals surface area contributed by atoms with Crippen molar-refractivity contribution in [2.24, 2.45) is 0 Å². The van der Waals surface area contributed by atoms with Crippen molar-refractivity contribution in [3.05, 3.63) is 162 Å². The summed E-state index contributed by atoms with van der Waals surface area (Å²) in [5.74, 6) is 0. The molecule has 7 aromatic rings. The second-order valence-electron chi connectivity index (χ2n) is 14.5. The van der Waals surface area contributed by atoms with Crippen LogP contribution in [0.2, 0.25) is 0 Å². The number of hydrogen-bond donors (Lipinski definition) is 0. The molecule has 0 saturated carbocycles. The van der Waals surface area contributed by atoms with Gasteiger partial charge in [-0.2, -0.15) is 0 Å². The minimum Gasteiger partial charge on any atom is -0.310 e. The van der Waals surface area contributed by atoms with Crippen molar-refractivity contribution in [3.8, 4) is 44.5 Å². The second kappa shape index (κ2) is 9.11. The Balaban J connectivity index is 1.39. The van der Waals surface area contributed by atoms with E-state index in [0.717, 1.165) is 11.4 Å². The summed E-state index contributed by atoms with van der Waals surface area (Å²) < 4.78 is 0. The summed E-state index contributed by atoms with van der Waals surface area (Å²) >= 11 is 0. The fraction of sp³-hybridized carbons (Fsp3) is 0.130. The van der Waals surface area contributed by atoms with Crippen LogP contribution in [0.4, 0.5) is 17.1 Å². The first-order chi connectivity index (χ1) is 22.9. The molecule has 0 aliphatic heterocycles. The van der Waals surface area contributed by atoms with Crippen molar-refractivity contribution < 1.29 is 0 Å².